The van der Waals surface area contributed by atoms with E-state index in [2.05, 4.69) is 25.7 Å². The molecule has 9 heteroatoms. The lowest BCUT2D eigenvalue weighted by molar-refractivity contribution is 0.142. The fourth-order valence-electron chi connectivity index (χ4n) is 3.69. The summed E-state index contributed by atoms with van der Waals surface area (Å²) in [5.41, 5.74) is 3.89. The van der Waals surface area contributed by atoms with E-state index in [1.54, 1.807) is 0 Å². The van der Waals surface area contributed by atoms with Gasteiger partial charge in [-0.3, -0.25) is 4.79 Å². The summed E-state index contributed by atoms with van der Waals surface area (Å²) >= 11 is 0. The van der Waals surface area contributed by atoms with Gasteiger partial charge in [0.05, 0.1) is 5.69 Å². The average Bonchev–Trinajstić information content (AvgIpc) is 2.83. The number of aromatic amines is 1. The fourth-order valence-corrected chi connectivity index (χ4v) is 3.69. The van der Waals surface area contributed by atoms with Crippen molar-refractivity contribution in [3.63, 3.8) is 0 Å². The molecular weight excluding hydrogens is 398 g/mol. The van der Waals surface area contributed by atoms with Gasteiger partial charge in [-0.15, -0.1) is 12.4 Å². The summed E-state index contributed by atoms with van der Waals surface area (Å²) < 4.78 is 6.58. The van der Waals surface area contributed by atoms with Crippen LogP contribution in [0, 0.1) is 0 Å². The van der Waals surface area contributed by atoms with Gasteiger partial charge in [-0.25, -0.2) is 4.79 Å². The number of allylic oxidation sites excluding steroid dienone is 1. The Morgan fingerprint density at radius 2 is 2.10 bits per heavy atom. The van der Waals surface area contributed by atoms with Gasteiger partial charge in [0, 0.05) is 41.3 Å². The standard InChI is InChI=1S/C20H19N3O5.ClH/c1-21-9-12-6-11-7-14-10(8-15(11)23(12)2)4-3-5-13-16(14)22-19(25)18(17(13)24)28-20(26)27;/h3-4,6-8,21H,5,9H2,1-2H3,(H,26,27)(H2,22,24,25);1H. The third-order valence-corrected chi connectivity index (χ3v) is 5.00. The summed E-state index contributed by atoms with van der Waals surface area (Å²) in [6.07, 6.45) is 2.45. The maximum absolute atomic E-state index is 12.3. The smallest absolute Gasteiger partial charge is 0.504 e. The predicted molar refractivity (Wildman–Crippen MR) is 112 cm³/mol. The van der Waals surface area contributed by atoms with Crippen LogP contribution in [0.2, 0.25) is 0 Å². The van der Waals surface area contributed by atoms with Crippen molar-refractivity contribution in [2.75, 3.05) is 7.05 Å². The van der Waals surface area contributed by atoms with Crippen LogP contribution in [-0.4, -0.2) is 33.0 Å². The second kappa shape index (κ2) is 7.65. The van der Waals surface area contributed by atoms with Crippen molar-refractivity contribution in [3.8, 4) is 22.8 Å². The zero-order valence-corrected chi connectivity index (χ0v) is 16.6. The van der Waals surface area contributed by atoms with E-state index in [0.717, 1.165) is 34.3 Å². The molecule has 0 fully saturated rings. The van der Waals surface area contributed by atoms with Gasteiger partial charge in [-0.2, -0.15) is 0 Å². The Bertz CT molecular complexity index is 1210. The van der Waals surface area contributed by atoms with Crippen LogP contribution in [0.3, 0.4) is 0 Å². The molecule has 29 heavy (non-hydrogen) atoms. The highest BCUT2D eigenvalue weighted by atomic mass is 35.5. The van der Waals surface area contributed by atoms with Crippen LogP contribution < -0.4 is 15.6 Å². The van der Waals surface area contributed by atoms with Gasteiger partial charge in [0.1, 0.15) is 0 Å². The van der Waals surface area contributed by atoms with E-state index in [-0.39, 0.29) is 12.4 Å². The first-order valence-electron chi connectivity index (χ1n) is 8.73. The van der Waals surface area contributed by atoms with Gasteiger partial charge >= 0.3 is 6.16 Å². The second-order valence-corrected chi connectivity index (χ2v) is 6.68. The van der Waals surface area contributed by atoms with E-state index in [0.29, 0.717) is 17.7 Å². The first kappa shape index (κ1) is 20.5. The molecule has 0 amide bonds. The van der Waals surface area contributed by atoms with Crippen molar-refractivity contribution in [2.45, 2.75) is 13.0 Å². The number of benzene rings is 1. The number of pyridine rings is 1. The number of rotatable bonds is 3. The van der Waals surface area contributed by atoms with Gasteiger partial charge in [-0.1, -0.05) is 12.2 Å². The van der Waals surface area contributed by atoms with Crippen molar-refractivity contribution < 1.29 is 19.7 Å². The molecule has 0 bridgehead atoms. The molecule has 1 aliphatic rings. The summed E-state index contributed by atoms with van der Waals surface area (Å²) in [7, 11) is 3.88. The lowest BCUT2D eigenvalue weighted by Gasteiger charge is -2.13. The molecule has 4 N–H and O–H groups in total. The van der Waals surface area contributed by atoms with Crippen molar-refractivity contribution in [1.82, 2.24) is 14.9 Å². The van der Waals surface area contributed by atoms with Crippen molar-refractivity contribution in [3.05, 3.63) is 51.4 Å². The van der Waals surface area contributed by atoms with Crippen LogP contribution in [0.15, 0.2) is 29.1 Å². The van der Waals surface area contributed by atoms with Gasteiger partial charge in [0.2, 0.25) is 5.75 Å². The Morgan fingerprint density at radius 1 is 1.34 bits per heavy atom. The fraction of sp³-hybridized carbons (Fsp3) is 0.200. The number of fused-ring (bicyclic) bond motifs is 4. The van der Waals surface area contributed by atoms with Gasteiger partial charge in [0.15, 0.2) is 5.75 Å². The number of carboxylic acid groups (broad SMARTS) is 1. The molecule has 0 unspecified atom stereocenters. The molecule has 0 spiro atoms. The lowest BCUT2D eigenvalue weighted by atomic mass is 9.99. The largest absolute Gasteiger partial charge is 0.511 e. The third kappa shape index (κ3) is 3.37. The van der Waals surface area contributed by atoms with E-state index in [1.807, 2.05) is 38.4 Å². The molecule has 0 saturated heterocycles. The van der Waals surface area contributed by atoms with Crippen molar-refractivity contribution in [1.29, 1.82) is 0 Å². The first-order chi connectivity index (χ1) is 13.4. The van der Waals surface area contributed by atoms with Gasteiger partial charge in [-0.05, 0) is 37.2 Å². The monoisotopic (exact) mass is 417 g/mol. The number of hydrogen-bond donors (Lipinski definition) is 4. The predicted octanol–water partition coefficient (Wildman–Crippen LogP) is 3.01. The molecule has 152 valence electrons. The molecule has 2 aromatic heterocycles. The number of nitrogens with zero attached hydrogens (tertiary/aromatic N) is 1. The van der Waals surface area contributed by atoms with Crippen LogP contribution in [-0.2, 0) is 20.0 Å². The molecule has 0 radical (unpaired) electrons. The molecule has 8 nitrogen and oxygen atoms in total. The second-order valence-electron chi connectivity index (χ2n) is 6.68. The minimum Gasteiger partial charge on any atom is -0.504 e. The highest BCUT2D eigenvalue weighted by Crippen LogP contribution is 2.39. The van der Waals surface area contributed by atoms with E-state index >= 15 is 0 Å². The Hall–Kier alpha value is -3.23. The van der Waals surface area contributed by atoms with E-state index < -0.39 is 23.2 Å². The normalized spacial score (nSPS) is 12.1. The molecular formula is C20H20ClN3O5. The Labute approximate surface area is 171 Å². The minimum absolute atomic E-state index is 0. The molecule has 0 aliphatic heterocycles. The van der Waals surface area contributed by atoms with E-state index in [4.69, 9.17) is 5.11 Å². The first-order valence-corrected chi connectivity index (χ1v) is 8.73. The molecule has 4 rings (SSSR count). The summed E-state index contributed by atoms with van der Waals surface area (Å²) in [6, 6.07) is 6.07. The third-order valence-electron chi connectivity index (χ3n) is 5.00. The van der Waals surface area contributed by atoms with Crippen molar-refractivity contribution in [2.24, 2.45) is 7.05 Å². The van der Waals surface area contributed by atoms with Crippen LogP contribution >= 0.6 is 12.4 Å². The molecule has 3 aromatic rings. The lowest BCUT2D eigenvalue weighted by Crippen LogP contribution is -2.17. The maximum Gasteiger partial charge on any atom is 0.511 e. The Morgan fingerprint density at radius 3 is 2.79 bits per heavy atom. The molecule has 0 atom stereocenters. The maximum atomic E-state index is 12.3. The van der Waals surface area contributed by atoms with E-state index in [1.165, 1.54) is 0 Å². The summed E-state index contributed by atoms with van der Waals surface area (Å²) in [5.74, 6) is -1.07. The number of nitrogens with one attached hydrogen (secondary N) is 2. The average molecular weight is 418 g/mol. The number of aryl methyl sites for hydroxylation is 1. The zero-order valence-electron chi connectivity index (χ0n) is 15.8. The highest BCUT2D eigenvalue weighted by molar-refractivity contribution is 5.92. The Balaban J connectivity index is 0.00000240. The van der Waals surface area contributed by atoms with Crippen molar-refractivity contribution >= 4 is 35.5 Å². The minimum atomic E-state index is -1.66. The number of H-pyrrole nitrogens is 1. The number of aromatic hydroxyl groups is 1. The quantitative estimate of drug-likeness (QED) is 0.487. The molecule has 1 aromatic carbocycles. The Kier molecular flexibility index (Phi) is 5.41. The highest BCUT2D eigenvalue weighted by Gasteiger charge is 2.23. The topological polar surface area (TPSA) is 117 Å². The van der Waals surface area contributed by atoms with Crippen LogP contribution in [0.5, 0.6) is 11.5 Å². The molecule has 2 heterocycles. The number of halogens is 1. The van der Waals surface area contributed by atoms with E-state index in [9.17, 15) is 14.7 Å². The summed E-state index contributed by atoms with van der Waals surface area (Å²) in [6.45, 7) is 0.718. The summed E-state index contributed by atoms with van der Waals surface area (Å²) in [4.78, 5) is 25.9. The number of ether oxygens (including phenoxy) is 1. The van der Waals surface area contributed by atoms with Crippen LogP contribution in [0.25, 0.3) is 28.2 Å². The molecule has 1 aliphatic carbocycles. The molecule has 0 saturated carbocycles. The van der Waals surface area contributed by atoms with Gasteiger partial charge in [0.25, 0.3) is 5.56 Å². The summed E-state index contributed by atoms with van der Waals surface area (Å²) in [5, 5.41) is 23.4. The van der Waals surface area contributed by atoms with Gasteiger partial charge < -0.3 is 29.8 Å². The van der Waals surface area contributed by atoms with Crippen LogP contribution in [0.1, 0.15) is 16.8 Å². The SMILES string of the molecule is CNCc1cc2cc3c(cc2n1C)C=CCc1c-3[nH]c(=O)c(OC(=O)O)c1O.Cl. The number of carbonyl (C=O) groups is 1. The van der Waals surface area contributed by atoms with Crippen LogP contribution in [0.4, 0.5) is 4.79 Å². The zero-order chi connectivity index (χ0) is 20.0. The number of hydrogen-bond acceptors (Lipinski definition) is 5. The number of aromatic nitrogens is 2.